The van der Waals surface area contributed by atoms with Crippen LogP contribution in [0.3, 0.4) is 0 Å². The van der Waals surface area contributed by atoms with Crippen LogP contribution in [-0.4, -0.2) is 26.6 Å². The highest BCUT2D eigenvalue weighted by atomic mass is 35.5. The SMILES string of the molecule is O=S(=O)(Nc1cccc(CNCCOc2cccc3[nH]ccc23)c1)c1cccc(Cl)c1. The van der Waals surface area contributed by atoms with E-state index in [9.17, 15) is 8.42 Å². The molecule has 4 rings (SSSR count). The fourth-order valence-electron chi connectivity index (χ4n) is 3.24. The second-order valence-electron chi connectivity index (χ2n) is 6.98. The molecule has 0 atom stereocenters. The molecule has 0 unspecified atom stereocenters. The van der Waals surface area contributed by atoms with Gasteiger partial charge < -0.3 is 15.0 Å². The smallest absolute Gasteiger partial charge is 0.261 e. The van der Waals surface area contributed by atoms with Gasteiger partial charge in [-0.05, 0) is 54.1 Å². The maximum Gasteiger partial charge on any atom is 0.261 e. The van der Waals surface area contributed by atoms with Crippen molar-refractivity contribution in [3.8, 4) is 5.75 Å². The highest BCUT2D eigenvalue weighted by Gasteiger charge is 2.14. The number of halogens is 1. The summed E-state index contributed by atoms with van der Waals surface area (Å²) in [6, 6.07) is 21.3. The van der Waals surface area contributed by atoms with Gasteiger partial charge in [0.15, 0.2) is 0 Å². The van der Waals surface area contributed by atoms with E-state index < -0.39 is 10.0 Å². The Labute approximate surface area is 186 Å². The van der Waals surface area contributed by atoms with Gasteiger partial charge in [-0.3, -0.25) is 4.72 Å². The van der Waals surface area contributed by atoms with Gasteiger partial charge in [0.2, 0.25) is 0 Å². The van der Waals surface area contributed by atoms with E-state index in [1.54, 1.807) is 24.3 Å². The summed E-state index contributed by atoms with van der Waals surface area (Å²) in [5.41, 5.74) is 2.50. The van der Waals surface area contributed by atoms with E-state index in [0.717, 1.165) is 22.2 Å². The van der Waals surface area contributed by atoms with Gasteiger partial charge >= 0.3 is 0 Å². The number of anilines is 1. The van der Waals surface area contributed by atoms with Crippen LogP contribution in [0.25, 0.3) is 10.9 Å². The fraction of sp³-hybridized carbons (Fsp3) is 0.130. The summed E-state index contributed by atoms with van der Waals surface area (Å²) in [7, 11) is -3.70. The van der Waals surface area contributed by atoms with Crippen LogP contribution < -0.4 is 14.8 Å². The summed E-state index contributed by atoms with van der Waals surface area (Å²) in [5, 5.41) is 4.74. The second kappa shape index (κ2) is 9.43. The lowest BCUT2D eigenvalue weighted by molar-refractivity contribution is 0.317. The number of fused-ring (bicyclic) bond motifs is 1. The molecule has 0 aliphatic heterocycles. The Hall–Kier alpha value is -3.00. The van der Waals surface area contributed by atoms with E-state index >= 15 is 0 Å². The Morgan fingerprint density at radius 2 is 1.81 bits per heavy atom. The van der Waals surface area contributed by atoms with E-state index in [-0.39, 0.29) is 4.90 Å². The van der Waals surface area contributed by atoms with Crippen molar-refractivity contribution in [3.05, 3.63) is 89.6 Å². The van der Waals surface area contributed by atoms with Crippen LogP contribution in [0.4, 0.5) is 5.69 Å². The first-order valence-electron chi connectivity index (χ1n) is 9.78. The number of rotatable bonds is 9. The van der Waals surface area contributed by atoms with Gasteiger partial charge in [0, 0.05) is 40.9 Å². The van der Waals surface area contributed by atoms with Crippen LogP contribution >= 0.6 is 11.6 Å². The molecule has 0 fully saturated rings. The first-order chi connectivity index (χ1) is 15.0. The molecule has 160 valence electrons. The molecule has 0 radical (unpaired) electrons. The molecular weight excluding hydrogens is 434 g/mol. The van der Waals surface area contributed by atoms with Crippen molar-refractivity contribution in [3.63, 3.8) is 0 Å². The van der Waals surface area contributed by atoms with Crippen LogP contribution in [-0.2, 0) is 16.6 Å². The zero-order chi connectivity index (χ0) is 21.7. The van der Waals surface area contributed by atoms with E-state index in [1.165, 1.54) is 12.1 Å². The number of benzene rings is 3. The Balaban J connectivity index is 1.30. The zero-order valence-corrected chi connectivity index (χ0v) is 18.2. The molecule has 0 aliphatic rings. The molecule has 1 aromatic heterocycles. The molecule has 0 bridgehead atoms. The molecule has 31 heavy (non-hydrogen) atoms. The quantitative estimate of drug-likeness (QED) is 0.317. The Morgan fingerprint density at radius 1 is 0.968 bits per heavy atom. The number of hydrogen-bond acceptors (Lipinski definition) is 4. The molecule has 0 saturated carbocycles. The van der Waals surface area contributed by atoms with Crippen LogP contribution in [0.5, 0.6) is 5.75 Å². The van der Waals surface area contributed by atoms with Gasteiger partial charge in [0.1, 0.15) is 12.4 Å². The first-order valence-corrected chi connectivity index (χ1v) is 11.6. The third kappa shape index (κ3) is 5.38. The number of nitrogens with one attached hydrogen (secondary N) is 3. The van der Waals surface area contributed by atoms with Gasteiger partial charge in [0.25, 0.3) is 10.0 Å². The molecule has 0 amide bonds. The molecule has 0 spiro atoms. The topological polar surface area (TPSA) is 83.2 Å². The van der Waals surface area contributed by atoms with Gasteiger partial charge in [-0.25, -0.2) is 8.42 Å². The summed E-state index contributed by atoms with van der Waals surface area (Å²) < 4.78 is 33.6. The lowest BCUT2D eigenvalue weighted by Gasteiger charge is -2.11. The van der Waals surface area contributed by atoms with Crippen molar-refractivity contribution >= 4 is 38.2 Å². The number of aromatic nitrogens is 1. The maximum atomic E-state index is 12.6. The number of ether oxygens (including phenoxy) is 1. The molecule has 8 heteroatoms. The average Bonchev–Trinajstić information content (AvgIpc) is 3.23. The van der Waals surface area contributed by atoms with Crippen molar-refractivity contribution in [2.24, 2.45) is 0 Å². The fourth-order valence-corrected chi connectivity index (χ4v) is 4.59. The monoisotopic (exact) mass is 455 g/mol. The van der Waals surface area contributed by atoms with Crippen molar-refractivity contribution in [2.75, 3.05) is 17.9 Å². The Morgan fingerprint density at radius 3 is 2.68 bits per heavy atom. The zero-order valence-electron chi connectivity index (χ0n) is 16.6. The molecule has 6 nitrogen and oxygen atoms in total. The van der Waals surface area contributed by atoms with E-state index in [0.29, 0.717) is 30.4 Å². The molecular formula is C23H22ClN3O3S. The summed E-state index contributed by atoms with van der Waals surface area (Å²) >= 11 is 5.91. The molecule has 0 saturated heterocycles. The normalized spacial score (nSPS) is 11.5. The van der Waals surface area contributed by atoms with Crippen LogP contribution in [0.2, 0.25) is 5.02 Å². The highest BCUT2D eigenvalue weighted by Crippen LogP contribution is 2.24. The van der Waals surface area contributed by atoms with Crippen molar-refractivity contribution in [2.45, 2.75) is 11.4 Å². The maximum absolute atomic E-state index is 12.6. The summed E-state index contributed by atoms with van der Waals surface area (Å²) in [5.74, 6) is 0.845. The molecule has 3 N–H and O–H groups in total. The van der Waals surface area contributed by atoms with E-state index in [4.69, 9.17) is 16.3 Å². The summed E-state index contributed by atoms with van der Waals surface area (Å²) in [6.07, 6.45) is 1.89. The Kier molecular flexibility index (Phi) is 6.46. The second-order valence-corrected chi connectivity index (χ2v) is 9.10. The summed E-state index contributed by atoms with van der Waals surface area (Å²) in [4.78, 5) is 3.29. The Bertz CT molecular complexity index is 1290. The third-order valence-corrected chi connectivity index (χ3v) is 6.32. The minimum absolute atomic E-state index is 0.123. The van der Waals surface area contributed by atoms with Crippen molar-refractivity contribution < 1.29 is 13.2 Å². The largest absolute Gasteiger partial charge is 0.492 e. The minimum Gasteiger partial charge on any atom is -0.492 e. The van der Waals surface area contributed by atoms with E-state index in [1.807, 2.05) is 42.6 Å². The van der Waals surface area contributed by atoms with Crippen LogP contribution in [0.15, 0.2) is 83.9 Å². The lowest BCUT2D eigenvalue weighted by atomic mass is 10.2. The predicted molar refractivity (Wildman–Crippen MR) is 124 cm³/mol. The minimum atomic E-state index is -3.70. The van der Waals surface area contributed by atoms with Crippen molar-refractivity contribution in [1.29, 1.82) is 0 Å². The number of aromatic amines is 1. The van der Waals surface area contributed by atoms with Crippen molar-refractivity contribution in [1.82, 2.24) is 10.3 Å². The standard InChI is InChI=1S/C23H22ClN3O3S/c24-18-5-2-7-20(15-18)31(28,29)27-19-6-1-4-17(14-19)16-25-12-13-30-23-9-3-8-22-21(23)10-11-26-22/h1-11,14-15,25-27H,12-13,16H2. The average molecular weight is 456 g/mol. The van der Waals surface area contributed by atoms with Gasteiger partial charge in [0.05, 0.1) is 4.90 Å². The summed E-state index contributed by atoms with van der Waals surface area (Å²) in [6.45, 7) is 1.76. The molecule has 3 aromatic carbocycles. The number of H-pyrrole nitrogens is 1. The van der Waals surface area contributed by atoms with Gasteiger partial charge in [-0.1, -0.05) is 35.9 Å². The van der Waals surface area contributed by atoms with E-state index in [2.05, 4.69) is 15.0 Å². The lowest BCUT2D eigenvalue weighted by Crippen LogP contribution is -2.20. The van der Waals surface area contributed by atoms with Gasteiger partial charge in [-0.15, -0.1) is 0 Å². The van der Waals surface area contributed by atoms with Gasteiger partial charge in [-0.2, -0.15) is 0 Å². The molecule has 4 aromatic rings. The molecule has 1 heterocycles. The number of sulfonamides is 1. The van der Waals surface area contributed by atoms with Crippen LogP contribution in [0, 0.1) is 0 Å². The van der Waals surface area contributed by atoms with Crippen LogP contribution in [0.1, 0.15) is 5.56 Å². The highest BCUT2D eigenvalue weighted by molar-refractivity contribution is 7.92. The number of hydrogen-bond donors (Lipinski definition) is 3. The first kappa shape index (κ1) is 21.2. The predicted octanol–water partition coefficient (Wildman–Crippen LogP) is 4.79. The third-order valence-electron chi connectivity index (χ3n) is 4.71. The molecule has 0 aliphatic carbocycles.